The molecule has 0 aliphatic heterocycles. The third-order valence-corrected chi connectivity index (χ3v) is 13.5. The molecule has 0 fully saturated rings. The van der Waals surface area contributed by atoms with E-state index in [0.29, 0.717) is 0 Å². The quantitative estimate of drug-likeness (QED) is 0.191. The molecule has 0 radical (unpaired) electrons. The zero-order valence-electron chi connectivity index (χ0n) is 32.5. The summed E-state index contributed by atoms with van der Waals surface area (Å²) >= 11 is 0. The second kappa shape index (κ2) is 11.5. The summed E-state index contributed by atoms with van der Waals surface area (Å²) in [5, 5.41) is 10.3. The average molecular weight is 742 g/mol. The van der Waals surface area contributed by atoms with Crippen LogP contribution in [0.4, 0.5) is 11.4 Å². The summed E-state index contributed by atoms with van der Waals surface area (Å²) < 4.78 is 2.47. The van der Waals surface area contributed by atoms with Crippen LogP contribution < -0.4 is 4.90 Å². The number of H-pyrrole nitrogens is 1. The topological polar surface area (TPSA) is 23.4 Å². The highest BCUT2D eigenvalue weighted by molar-refractivity contribution is 6.25. The highest BCUT2D eigenvalue weighted by Gasteiger charge is 2.38. The fourth-order valence-corrected chi connectivity index (χ4v) is 10.8. The van der Waals surface area contributed by atoms with Crippen molar-refractivity contribution in [2.24, 2.45) is 0 Å². The van der Waals surface area contributed by atoms with E-state index in [1.165, 1.54) is 116 Å². The number of rotatable bonds is 4. The Morgan fingerprint density at radius 3 is 2.09 bits per heavy atom. The van der Waals surface area contributed by atoms with E-state index in [9.17, 15) is 0 Å². The number of allylic oxidation sites excluding steroid dienone is 4. The lowest BCUT2D eigenvalue weighted by Gasteiger charge is -2.32. The number of aromatic nitrogens is 2. The third-order valence-electron chi connectivity index (χ3n) is 13.5. The van der Waals surface area contributed by atoms with Gasteiger partial charge < -0.3 is 14.3 Å². The first-order valence-corrected chi connectivity index (χ1v) is 20.6. The van der Waals surface area contributed by atoms with Gasteiger partial charge in [-0.3, -0.25) is 0 Å². The maximum Gasteiger partial charge on any atom is 0.0620 e. The Balaban J connectivity index is 0.904. The molecule has 3 heterocycles. The molecule has 2 aliphatic rings. The van der Waals surface area contributed by atoms with Crippen molar-refractivity contribution in [3.05, 3.63) is 192 Å². The third kappa shape index (κ3) is 4.33. The van der Waals surface area contributed by atoms with E-state index >= 15 is 0 Å². The van der Waals surface area contributed by atoms with Gasteiger partial charge >= 0.3 is 0 Å². The first-order valence-electron chi connectivity index (χ1n) is 20.6. The maximum absolute atomic E-state index is 3.76. The van der Waals surface area contributed by atoms with Gasteiger partial charge in [-0.15, -0.1) is 0 Å². The van der Waals surface area contributed by atoms with E-state index in [2.05, 4.69) is 198 Å². The lowest BCUT2D eigenvalue weighted by Crippen LogP contribution is -2.22. The van der Waals surface area contributed by atoms with Gasteiger partial charge in [0.15, 0.2) is 0 Å². The van der Waals surface area contributed by atoms with Crippen LogP contribution in [-0.2, 0) is 5.41 Å². The van der Waals surface area contributed by atoms with Gasteiger partial charge in [0.05, 0.1) is 16.6 Å². The number of aromatic amines is 1. The smallest absolute Gasteiger partial charge is 0.0620 e. The Hall–Kier alpha value is -7.10. The van der Waals surface area contributed by atoms with Crippen molar-refractivity contribution in [3.63, 3.8) is 0 Å². The van der Waals surface area contributed by atoms with E-state index in [-0.39, 0.29) is 5.41 Å². The highest BCUT2D eigenvalue weighted by atomic mass is 15.1. The minimum Gasteiger partial charge on any atom is -0.354 e. The molecule has 11 aromatic rings. The van der Waals surface area contributed by atoms with E-state index in [4.69, 9.17) is 0 Å². The number of hydrogen-bond acceptors (Lipinski definition) is 1. The van der Waals surface area contributed by atoms with Crippen LogP contribution in [0.1, 0.15) is 37.8 Å². The molecule has 0 spiro atoms. The molecule has 58 heavy (non-hydrogen) atoms. The van der Waals surface area contributed by atoms with Crippen LogP contribution in [0.3, 0.4) is 0 Å². The summed E-state index contributed by atoms with van der Waals surface area (Å²) in [4.78, 5) is 6.23. The van der Waals surface area contributed by atoms with E-state index < -0.39 is 0 Å². The Labute approximate surface area is 336 Å². The van der Waals surface area contributed by atoms with Crippen LogP contribution >= 0.6 is 0 Å². The number of benzene rings is 8. The van der Waals surface area contributed by atoms with Gasteiger partial charge in [0, 0.05) is 65.8 Å². The lowest BCUT2D eigenvalue weighted by molar-refractivity contribution is 0.648. The predicted molar refractivity (Wildman–Crippen MR) is 246 cm³/mol. The van der Waals surface area contributed by atoms with Gasteiger partial charge in [-0.25, -0.2) is 0 Å². The molecular formula is C55H39N3. The summed E-state index contributed by atoms with van der Waals surface area (Å²) in [5.41, 5.74) is 18.1. The van der Waals surface area contributed by atoms with Crippen LogP contribution in [0.2, 0.25) is 0 Å². The number of anilines is 2. The fourth-order valence-electron chi connectivity index (χ4n) is 10.8. The second-order valence-corrected chi connectivity index (χ2v) is 17.0. The minimum absolute atomic E-state index is 0.0206. The summed E-state index contributed by atoms with van der Waals surface area (Å²) in [6.45, 7) is 4.77. The fraction of sp³-hybridized carbons (Fsp3) is 0.0909. The molecule has 0 amide bonds. The number of fused-ring (bicyclic) bond motifs is 12. The van der Waals surface area contributed by atoms with Crippen LogP contribution in [0.25, 0.3) is 87.4 Å². The number of para-hydroxylation sites is 3. The van der Waals surface area contributed by atoms with Crippen molar-refractivity contribution in [1.29, 1.82) is 0 Å². The molecule has 3 heteroatoms. The van der Waals surface area contributed by atoms with Gasteiger partial charge in [-0.1, -0.05) is 111 Å². The van der Waals surface area contributed by atoms with Gasteiger partial charge in [0.1, 0.15) is 0 Å². The van der Waals surface area contributed by atoms with Crippen molar-refractivity contribution in [2.45, 2.75) is 32.1 Å². The molecule has 0 saturated heterocycles. The number of hydrogen-bond donors (Lipinski definition) is 1. The first-order chi connectivity index (χ1) is 28.5. The first kappa shape index (κ1) is 32.0. The van der Waals surface area contributed by atoms with Crippen LogP contribution in [0.15, 0.2) is 181 Å². The van der Waals surface area contributed by atoms with Gasteiger partial charge in [0.25, 0.3) is 0 Å². The van der Waals surface area contributed by atoms with Crippen LogP contribution in [-0.4, -0.2) is 9.38 Å². The second-order valence-electron chi connectivity index (χ2n) is 17.0. The minimum atomic E-state index is -0.0206. The largest absolute Gasteiger partial charge is 0.354 e. The Morgan fingerprint density at radius 1 is 0.517 bits per heavy atom. The molecule has 0 saturated carbocycles. The molecule has 0 atom stereocenters. The molecule has 8 aromatic carbocycles. The molecule has 13 rings (SSSR count). The molecule has 274 valence electrons. The average Bonchev–Trinajstić information content (AvgIpc) is 3.97. The number of nitrogens with one attached hydrogen (secondary N) is 1. The Bertz CT molecular complexity index is 3570. The monoisotopic (exact) mass is 741 g/mol. The standard InChI is InChI=1S/C55H39N3/c1-55(2)48-17-8-6-13-40(48)41-25-24-39(32-49(41)55)57(37-11-4-3-5-12-37)38-22-19-33(20-23-38)34-21-26-50-45(27-34)46-28-36-31-53-47(29-35(36)30-51(46)56-50)44-16-10-15-43-42-14-7-9-18-52(42)58(53)54(43)44/h3-23,26-32,56H,24-25H2,1-2H3. The van der Waals surface area contributed by atoms with Gasteiger partial charge in [0.2, 0.25) is 0 Å². The van der Waals surface area contributed by atoms with Crippen LogP contribution in [0, 0.1) is 0 Å². The maximum atomic E-state index is 3.76. The molecule has 3 nitrogen and oxygen atoms in total. The van der Waals surface area contributed by atoms with E-state index in [0.717, 1.165) is 18.4 Å². The normalized spacial score (nSPS) is 15.1. The molecule has 2 aliphatic carbocycles. The number of nitrogens with zero attached hydrogens (tertiary/aromatic N) is 2. The highest BCUT2D eigenvalue weighted by Crippen LogP contribution is 2.52. The molecule has 0 bridgehead atoms. The molecule has 3 aromatic heterocycles. The summed E-state index contributed by atoms with van der Waals surface area (Å²) in [6.07, 6.45) is 4.53. The Morgan fingerprint density at radius 2 is 1.21 bits per heavy atom. The van der Waals surface area contributed by atoms with Gasteiger partial charge in [-0.05, 0) is 130 Å². The summed E-state index contributed by atoms with van der Waals surface area (Å²) in [5.74, 6) is 0. The van der Waals surface area contributed by atoms with Crippen molar-refractivity contribution in [2.75, 3.05) is 4.90 Å². The Kier molecular flexibility index (Phi) is 6.35. The van der Waals surface area contributed by atoms with Crippen molar-refractivity contribution in [1.82, 2.24) is 9.38 Å². The lowest BCUT2D eigenvalue weighted by atomic mass is 9.79. The predicted octanol–water partition coefficient (Wildman–Crippen LogP) is 14.9. The molecule has 1 N–H and O–H groups in total. The van der Waals surface area contributed by atoms with Crippen molar-refractivity contribution < 1.29 is 0 Å². The molecule has 0 unspecified atom stereocenters. The van der Waals surface area contributed by atoms with E-state index in [1.54, 1.807) is 0 Å². The zero-order chi connectivity index (χ0) is 38.3. The summed E-state index contributed by atoms with van der Waals surface area (Å²) in [7, 11) is 0. The SMILES string of the molecule is CC1(C)C2=C(CCC(N(c3ccccc3)c3ccc(-c4ccc5[nH]c6cc7cc8c9cccc%10c%11ccccc%11n(c8cc7cc6c5c4)c%109)cc3)=C2)c2ccccc21. The van der Waals surface area contributed by atoms with Crippen LogP contribution in [0.5, 0.6) is 0 Å². The van der Waals surface area contributed by atoms with Gasteiger partial charge in [-0.2, -0.15) is 0 Å². The zero-order valence-corrected chi connectivity index (χ0v) is 32.5. The molecular weight excluding hydrogens is 703 g/mol. The van der Waals surface area contributed by atoms with Crippen molar-refractivity contribution in [3.8, 4) is 11.1 Å². The summed E-state index contributed by atoms with van der Waals surface area (Å²) in [6, 6.07) is 61.0. The van der Waals surface area contributed by atoms with Crippen molar-refractivity contribution >= 4 is 87.6 Å². The van der Waals surface area contributed by atoms with E-state index in [1.807, 2.05) is 0 Å².